The zero-order valence-corrected chi connectivity index (χ0v) is 8.00. The minimum absolute atomic E-state index is 0.839. The van der Waals surface area contributed by atoms with Crippen molar-refractivity contribution in [3.8, 4) is 0 Å². The Labute approximate surface area is 74.7 Å². The summed E-state index contributed by atoms with van der Waals surface area (Å²) in [4.78, 5) is 0. The first-order valence-corrected chi connectivity index (χ1v) is 3.96. The Bertz CT molecular complexity index is 219. The van der Waals surface area contributed by atoms with E-state index in [-0.39, 0.29) is 0 Å². The fourth-order valence-electron chi connectivity index (χ4n) is 0.889. The molecule has 0 heterocycles. The van der Waals surface area contributed by atoms with E-state index in [1.54, 1.807) is 13.2 Å². The van der Waals surface area contributed by atoms with Crippen LogP contribution in [0.3, 0.4) is 0 Å². The lowest BCUT2D eigenvalue weighted by molar-refractivity contribution is 0.302. The van der Waals surface area contributed by atoms with E-state index in [9.17, 15) is 0 Å². The lowest BCUT2D eigenvalue weighted by Crippen LogP contribution is -1.88. The van der Waals surface area contributed by atoms with E-state index in [1.165, 1.54) is 0 Å². The molecular formula is C11H16O. The number of rotatable bonds is 4. The Hall–Kier alpha value is -1.24. The molecule has 0 aromatic heterocycles. The number of hydrogen-bond donors (Lipinski definition) is 0. The Morgan fingerprint density at radius 3 is 2.33 bits per heavy atom. The van der Waals surface area contributed by atoms with E-state index < -0.39 is 0 Å². The van der Waals surface area contributed by atoms with Gasteiger partial charge in [0.15, 0.2) is 0 Å². The molecule has 1 heteroatoms. The van der Waals surface area contributed by atoms with Crippen molar-refractivity contribution in [2.75, 3.05) is 7.11 Å². The van der Waals surface area contributed by atoms with Crippen molar-refractivity contribution in [1.82, 2.24) is 0 Å². The first-order chi connectivity index (χ1) is 5.79. The third kappa shape index (κ3) is 3.24. The predicted octanol–water partition coefficient (Wildman–Crippen LogP) is 3.23. The molecule has 0 saturated heterocycles. The maximum Gasteiger partial charge on any atom is 0.125 e. The van der Waals surface area contributed by atoms with Crippen LogP contribution in [-0.4, -0.2) is 7.11 Å². The first kappa shape index (κ1) is 10.8. The van der Waals surface area contributed by atoms with Crippen LogP contribution in [0.2, 0.25) is 0 Å². The molecule has 0 bridgehead atoms. The van der Waals surface area contributed by atoms with Crippen molar-refractivity contribution in [3.05, 3.63) is 48.3 Å². The monoisotopic (exact) mass is 164 g/mol. The second-order valence-corrected chi connectivity index (χ2v) is 2.21. The van der Waals surface area contributed by atoms with E-state index in [4.69, 9.17) is 4.74 Å². The molecule has 0 radical (unpaired) electrons. The van der Waals surface area contributed by atoms with E-state index >= 15 is 0 Å². The summed E-state index contributed by atoms with van der Waals surface area (Å²) in [6.07, 6.45) is 9.53. The van der Waals surface area contributed by atoms with Crippen LogP contribution in [0.5, 0.6) is 0 Å². The van der Waals surface area contributed by atoms with Gasteiger partial charge < -0.3 is 4.74 Å². The number of allylic oxidation sites excluding steroid dienone is 5. The fourth-order valence-corrected chi connectivity index (χ4v) is 0.889. The predicted molar refractivity (Wildman–Crippen MR) is 53.9 cm³/mol. The van der Waals surface area contributed by atoms with Crippen LogP contribution < -0.4 is 0 Å². The van der Waals surface area contributed by atoms with Gasteiger partial charge in [0.05, 0.1) is 7.11 Å². The minimum Gasteiger partial charge on any atom is -0.496 e. The highest BCUT2D eigenvalue weighted by Gasteiger charge is 1.97. The molecule has 0 aliphatic heterocycles. The van der Waals surface area contributed by atoms with Crippen LogP contribution in [0.4, 0.5) is 0 Å². The Kier molecular flexibility index (Phi) is 5.80. The highest BCUT2D eigenvalue weighted by Crippen LogP contribution is 2.11. The second-order valence-electron chi connectivity index (χ2n) is 2.21. The number of hydrogen-bond acceptors (Lipinski definition) is 1. The average Bonchev–Trinajstić information content (AvgIpc) is 2.11. The summed E-state index contributed by atoms with van der Waals surface area (Å²) in [5.41, 5.74) is 1.07. The number of ether oxygens (including phenoxy) is 1. The Morgan fingerprint density at radius 1 is 1.33 bits per heavy atom. The van der Waals surface area contributed by atoms with Crippen molar-refractivity contribution in [3.63, 3.8) is 0 Å². The summed E-state index contributed by atoms with van der Waals surface area (Å²) < 4.78 is 5.17. The van der Waals surface area contributed by atoms with Gasteiger partial charge in [-0.3, -0.25) is 0 Å². The molecule has 0 aliphatic rings. The standard InChI is InChI=1S/C11H16O/c1-5-8-10(7-3)11(12-4)9-6-2/h5-9H,2H2,1,3-4H3/b8-5-,10-7-,11-9+. The van der Waals surface area contributed by atoms with Gasteiger partial charge in [-0.25, -0.2) is 0 Å². The average molecular weight is 164 g/mol. The van der Waals surface area contributed by atoms with Gasteiger partial charge in [-0.15, -0.1) is 0 Å². The molecule has 0 aliphatic carbocycles. The van der Waals surface area contributed by atoms with Crippen LogP contribution in [0.15, 0.2) is 48.3 Å². The van der Waals surface area contributed by atoms with E-state index in [2.05, 4.69) is 6.58 Å². The third-order valence-electron chi connectivity index (χ3n) is 1.43. The Balaban J connectivity index is 4.69. The first-order valence-electron chi connectivity index (χ1n) is 3.96. The zero-order chi connectivity index (χ0) is 9.40. The van der Waals surface area contributed by atoms with Gasteiger partial charge >= 0.3 is 0 Å². The van der Waals surface area contributed by atoms with E-state index in [1.807, 2.05) is 38.2 Å². The lowest BCUT2D eigenvalue weighted by atomic mass is 10.2. The molecule has 0 aromatic carbocycles. The summed E-state index contributed by atoms with van der Waals surface area (Å²) in [6.45, 7) is 7.57. The van der Waals surface area contributed by atoms with Crippen molar-refractivity contribution in [1.29, 1.82) is 0 Å². The molecule has 0 saturated carbocycles. The number of methoxy groups -OCH3 is 1. The summed E-state index contributed by atoms with van der Waals surface area (Å²) in [7, 11) is 1.66. The van der Waals surface area contributed by atoms with Gasteiger partial charge in [0.1, 0.15) is 5.76 Å². The topological polar surface area (TPSA) is 9.23 Å². The van der Waals surface area contributed by atoms with Crippen LogP contribution in [0.1, 0.15) is 13.8 Å². The summed E-state index contributed by atoms with van der Waals surface area (Å²) in [5, 5.41) is 0. The zero-order valence-electron chi connectivity index (χ0n) is 8.00. The van der Waals surface area contributed by atoms with Gasteiger partial charge in [0.2, 0.25) is 0 Å². The third-order valence-corrected chi connectivity index (χ3v) is 1.43. The van der Waals surface area contributed by atoms with Crippen LogP contribution in [0, 0.1) is 0 Å². The molecule has 0 aromatic rings. The van der Waals surface area contributed by atoms with E-state index in [0.717, 1.165) is 11.3 Å². The minimum atomic E-state index is 0.839. The molecule has 12 heavy (non-hydrogen) atoms. The molecule has 0 amide bonds. The quantitative estimate of drug-likeness (QED) is 0.458. The maximum atomic E-state index is 5.17. The molecule has 0 spiro atoms. The van der Waals surface area contributed by atoms with Crippen molar-refractivity contribution < 1.29 is 4.74 Å². The van der Waals surface area contributed by atoms with Gasteiger partial charge in [-0.05, 0) is 19.9 Å². The molecular weight excluding hydrogens is 148 g/mol. The van der Waals surface area contributed by atoms with E-state index in [0.29, 0.717) is 0 Å². The smallest absolute Gasteiger partial charge is 0.125 e. The largest absolute Gasteiger partial charge is 0.496 e. The van der Waals surface area contributed by atoms with Gasteiger partial charge in [0, 0.05) is 5.57 Å². The molecule has 0 fully saturated rings. The van der Waals surface area contributed by atoms with Crippen molar-refractivity contribution >= 4 is 0 Å². The summed E-state index contributed by atoms with van der Waals surface area (Å²) >= 11 is 0. The van der Waals surface area contributed by atoms with Gasteiger partial charge in [0.25, 0.3) is 0 Å². The fraction of sp³-hybridized carbons (Fsp3) is 0.273. The van der Waals surface area contributed by atoms with Gasteiger partial charge in [-0.2, -0.15) is 0 Å². The molecule has 1 nitrogen and oxygen atoms in total. The summed E-state index contributed by atoms with van der Waals surface area (Å²) in [6, 6.07) is 0. The van der Waals surface area contributed by atoms with Crippen LogP contribution in [-0.2, 0) is 4.74 Å². The van der Waals surface area contributed by atoms with Gasteiger partial charge in [-0.1, -0.05) is 30.9 Å². The Morgan fingerprint density at radius 2 is 2.00 bits per heavy atom. The second kappa shape index (κ2) is 6.47. The lowest BCUT2D eigenvalue weighted by Gasteiger charge is -2.05. The summed E-state index contributed by atoms with van der Waals surface area (Å²) in [5.74, 6) is 0.839. The normalized spacial score (nSPS) is 13.6. The molecule has 0 N–H and O–H groups in total. The van der Waals surface area contributed by atoms with Crippen LogP contribution >= 0.6 is 0 Å². The maximum absolute atomic E-state index is 5.17. The molecule has 0 atom stereocenters. The SMILES string of the molecule is C=C\C=C(OC)/C(/C=C\C)=C\C. The molecule has 0 rings (SSSR count). The molecule has 0 unspecified atom stereocenters. The molecule has 66 valence electrons. The van der Waals surface area contributed by atoms with Crippen molar-refractivity contribution in [2.45, 2.75) is 13.8 Å². The highest BCUT2D eigenvalue weighted by atomic mass is 16.5. The van der Waals surface area contributed by atoms with Crippen LogP contribution in [0.25, 0.3) is 0 Å². The highest BCUT2D eigenvalue weighted by molar-refractivity contribution is 5.36. The van der Waals surface area contributed by atoms with Crippen molar-refractivity contribution in [2.24, 2.45) is 0 Å².